The Kier molecular flexibility index (Phi) is 9.58. The number of carbonyl (C=O) groups excluding carboxylic acids is 2. The van der Waals surface area contributed by atoms with Gasteiger partial charge in [-0.25, -0.2) is 13.2 Å². The van der Waals surface area contributed by atoms with Gasteiger partial charge in [0.15, 0.2) is 0 Å². The molecule has 1 rings (SSSR count). The minimum Gasteiger partial charge on any atom is -0.373 e. The summed E-state index contributed by atoms with van der Waals surface area (Å²) in [6.45, 7) is 7.26. The molecule has 6 nitrogen and oxygen atoms in total. The molecule has 0 aromatic rings. The van der Waals surface area contributed by atoms with Crippen LogP contribution in [0.5, 0.6) is 0 Å². The molecule has 3 N–H and O–H groups in total. The van der Waals surface area contributed by atoms with Gasteiger partial charge in [-0.2, -0.15) is 0 Å². The number of nitrogens with zero attached hydrogens (tertiary/aromatic N) is 1. The topological polar surface area (TPSA) is 84.7 Å². The lowest BCUT2D eigenvalue weighted by Crippen LogP contribution is -2.59. The van der Waals surface area contributed by atoms with Crippen molar-refractivity contribution in [3.8, 4) is 0 Å². The zero-order valence-corrected chi connectivity index (χ0v) is 17.3. The summed E-state index contributed by atoms with van der Waals surface area (Å²) < 4.78 is 45.0. The third kappa shape index (κ3) is 8.82. The van der Waals surface area contributed by atoms with Gasteiger partial charge in [-0.15, -0.1) is 0 Å². The number of ether oxygens (including phenoxy) is 1. The van der Waals surface area contributed by atoms with Gasteiger partial charge in [0.05, 0.1) is 24.4 Å². The Morgan fingerprint density at radius 3 is 2.59 bits per heavy atom. The molecular formula is C20H30F3N3O3. The number of rotatable bonds is 8. The first-order valence-corrected chi connectivity index (χ1v) is 9.40. The quantitative estimate of drug-likeness (QED) is 0.595. The average Bonchev–Trinajstić information content (AvgIpc) is 2.58. The monoisotopic (exact) mass is 417 g/mol. The van der Waals surface area contributed by atoms with Crippen LogP contribution in [0.1, 0.15) is 40.5 Å². The molecule has 1 fully saturated rings. The lowest BCUT2D eigenvalue weighted by molar-refractivity contribution is -0.148. The number of nitrogens with one attached hydrogen (secondary N) is 1. The van der Waals surface area contributed by atoms with Gasteiger partial charge in [0.1, 0.15) is 11.9 Å². The molecule has 0 spiro atoms. The summed E-state index contributed by atoms with van der Waals surface area (Å²) in [5, 5.41) is 2.70. The van der Waals surface area contributed by atoms with Crippen LogP contribution in [0, 0.1) is 0 Å². The SMILES string of the molecule is C\C(F)=C/C(C[C@@H](N)CC(=O)N1CCNC(=O)[C@H]1COC(C)(C)C)=C(F)\C=C\F. The summed E-state index contributed by atoms with van der Waals surface area (Å²) in [6, 6.07) is -1.64. The Morgan fingerprint density at radius 2 is 2.03 bits per heavy atom. The zero-order valence-electron chi connectivity index (χ0n) is 17.3. The number of carbonyl (C=O) groups is 2. The van der Waals surface area contributed by atoms with E-state index in [1.807, 2.05) is 20.8 Å². The second-order valence-electron chi connectivity index (χ2n) is 7.88. The molecule has 0 bridgehead atoms. The van der Waals surface area contributed by atoms with Crippen molar-refractivity contribution >= 4 is 11.8 Å². The van der Waals surface area contributed by atoms with Crippen molar-refractivity contribution in [2.75, 3.05) is 19.7 Å². The summed E-state index contributed by atoms with van der Waals surface area (Å²) >= 11 is 0. The molecule has 0 unspecified atom stereocenters. The highest BCUT2D eigenvalue weighted by molar-refractivity contribution is 5.89. The molecule has 9 heteroatoms. The smallest absolute Gasteiger partial charge is 0.245 e. The fourth-order valence-electron chi connectivity index (χ4n) is 2.83. The van der Waals surface area contributed by atoms with Gasteiger partial charge in [-0.3, -0.25) is 9.59 Å². The lowest BCUT2D eigenvalue weighted by atomic mass is 10.0. The van der Waals surface area contributed by atoms with Crippen LogP contribution in [0.15, 0.2) is 35.7 Å². The molecule has 164 valence electrons. The number of piperazine rings is 1. The second kappa shape index (κ2) is 11.2. The van der Waals surface area contributed by atoms with Crippen LogP contribution in [-0.4, -0.2) is 54.1 Å². The number of hydrogen-bond donors (Lipinski definition) is 2. The van der Waals surface area contributed by atoms with E-state index in [-0.39, 0.29) is 37.3 Å². The minimum atomic E-state index is -0.971. The Bertz CT molecular complexity index is 680. The number of hydrogen-bond acceptors (Lipinski definition) is 4. The highest BCUT2D eigenvalue weighted by atomic mass is 19.1. The van der Waals surface area contributed by atoms with Crippen molar-refractivity contribution in [2.45, 2.75) is 58.2 Å². The predicted octanol–water partition coefficient (Wildman–Crippen LogP) is 2.82. The molecule has 2 amide bonds. The molecule has 2 atom stereocenters. The maximum Gasteiger partial charge on any atom is 0.245 e. The molecule has 0 aromatic carbocycles. The van der Waals surface area contributed by atoms with Crippen LogP contribution >= 0.6 is 0 Å². The van der Waals surface area contributed by atoms with Crippen LogP contribution in [0.2, 0.25) is 0 Å². The Hall–Kier alpha value is -2.13. The van der Waals surface area contributed by atoms with Gasteiger partial charge < -0.3 is 20.7 Å². The van der Waals surface area contributed by atoms with Crippen LogP contribution in [-0.2, 0) is 14.3 Å². The van der Waals surface area contributed by atoms with Gasteiger partial charge in [-0.05, 0) is 45.8 Å². The van der Waals surface area contributed by atoms with E-state index in [0.29, 0.717) is 19.2 Å². The van der Waals surface area contributed by atoms with Gasteiger partial charge in [-0.1, -0.05) is 0 Å². The molecule has 0 aromatic heterocycles. The Labute approximate surface area is 169 Å². The van der Waals surface area contributed by atoms with E-state index in [2.05, 4.69) is 5.32 Å². The summed E-state index contributed by atoms with van der Waals surface area (Å²) in [4.78, 5) is 26.3. The fraction of sp³-hybridized carbons (Fsp3) is 0.600. The summed E-state index contributed by atoms with van der Waals surface area (Å²) in [7, 11) is 0. The molecule has 1 saturated heterocycles. The Morgan fingerprint density at radius 1 is 1.38 bits per heavy atom. The van der Waals surface area contributed by atoms with Crippen LogP contribution in [0.3, 0.4) is 0 Å². The number of amides is 2. The third-order valence-electron chi connectivity index (χ3n) is 4.13. The van der Waals surface area contributed by atoms with Crippen molar-refractivity contribution in [1.29, 1.82) is 0 Å². The molecule has 1 aliphatic rings. The standard InChI is InChI=1S/C20H30F3N3O3/c1-13(22)9-14(16(23)5-6-21)10-15(24)11-18(27)26-8-7-25-19(28)17(26)12-29-20(2,3)4/h5-6,9,15,17H,7-8,10-12,24H2,1-4H3,(H,25,28)/b6-5+,13-9+,16-14-/t15-,17-/m1/s1. The van der Waals surface area contributed by atoms with Gasteiger partial charge >= 0.3 is 0 Å². The van der Waals surface area contributed by atoms with Crippen molar-refractivity contribution in [3.05, 3.63) is 35.7 Å². The fourth-order valence-corrected chi connectivity index (χ4v) is 2.83. The van der Waals surface area contributed by atoms with Crippen LogP contribution in [0.25, 0.3) is 0 Å². The molecule has 0 aliphatic carbocycles. The second-order valence-corrected chi connectivity index (χ2v) is 7.88. The van der Waals surface area contributed by atoms with E-state index in [0.717, 1.165) is 13.0 Å². The van der Waals surface area contributed by atoms with Crippen molar-refractivity contribution in [3.63, 3.8) is 0 Å². The van der Waals surface area contributed by atoms with E-state index in [1.54, 1.807) is 0 Å². The highest BCUT2D eigenvalue weighted by Gasteiger charge is 2.34. The molecule has 29 heavy (non-hydrogen) atoms. The first-order valence-electron chi connectivity index (χ1n) is 9.40. The largest absolute Gasteiger partial charge is 0.373 e. The minimum absolute atomic E-state index is 0.000420. The van der Waals surface area contributed by atoms with Crippen molar-refractivity contribution in [1.82, 2.24) is 10.2 Å². The maximum atomic E-state index is 13.9. The van der Waals surface area contributed by atoms with Gasteiger partial charge in [0.25, 0.3) is 0 Å². The average molecular weight is 417 g/mol. The van der Waals surface area contributed by atoms with Crippen LogP contribution < -0.4 is 11.1 Å². The van der Waals surface area contributed by atoms with E-state index >= 15 is 0 Å². The molecule has 1 heterocycles. The molecule has 0 radical (unpaired) electrons. The van der Waals surface area contributed by atoms with Crippen molar-refractivity contribution in [2.24, 2.45) is 5.73 Å². The first kappa shape index (κ1) is 24.9. The number of nitrogens with two attached hydrogens (primary N) is 1. The highest BCUT2D eigenvalue weighted by Crippen LogP contribution is 2.20. The van der Waals surface area contributed by atoms with E-state index in [9.17, 15) is 22.8 Å². The molecule has 0 saturated carbocycles. The molecular weight excluding hydrogens is 387 g/mol. The summed E-state index contributed by atoms with van der Waals surface area (Å²) in [6.07, 6.45) is 1.10. The van der Waals surface area contributed by atoms with E-state index < -0.39 is 35.2 Å². The number of allylic oxidation sites excluding steroid dienone is 4. The van der Waals surface area contributed by atoms with E-state index in [1.165, 1.54) is 4.90 Å². The van der Waals surface area contributed by atoms with Gasteiger partial charge in [0, 0.05) is 31.6 Å². The summed E-state index contributed by atoms with van der Waals surface area (Å²) in [5.41, 5.74) is 5.33. The normalized spacial score (nSPS) is 20.6. The van der Waals surface area contributed by atoms with Crippen LogP contribution in [0.4, 0.5) is 13.2 Å². The lowest BCUT2D eigenvalue weighted by Gasteiger charge is -2.36. The predicted molar refractivity (Wildman–Crippen MR) is 105 cm³/mol. The zero-order chi connectivity index (χ0) is 22.2. The van der Waals surface area contributed by atoms with Gasteiger partial charge in [0.2, 0.25) is 11.8 Å². The number of halogens is 3. The molecule has 1 aliphatic heterocycles. The maximum absolute atomic E-state index is 13.9. The van der Waals surface area contributed by atoms with Crippen molar-refractivity contribution < 1.29 is 27.5 Å². The third-order valence-corrected chi connectivity index (χ3v) is 4.13. The summed E-state index contributed by atoms with van der Waals surface area (Å²) in [5.74, 6) is -2.36. The first-order chi connectivity index (χ1) is 13.4. The van der Waals surface area contributed by atoms with E-state index in [4.69, 9.17) is 10.5 Å². The Balaban J connectivity index is 2.86.